The first kappa shape index (κ1) is 21.2. The van der Waals surface area contributed by atoms with E-state index in [0.717, 1.165) is 41.7 Å². The molecule has 0 saturated heterocycles. The van der Waals surface area contributed by atoms with Crippen LogP contribution in [-0.2, 0) is 41.9 Å². The lowest BCUT2D eigenvalue weighted by Crippen LogP contribution is -2.27. The van der Waals surface area contributed by atoms with Crippen molar-refractivity contribution in [2.75, 3.05) is 6.54 Å². The topological polar surface area (TPSA) is 60.3 Å². The fourth-order valence-corrected chi connectivity index (χ4v) is 4.70. The van der Waals surface area contributed by atoms with Crippen LogP contribution in [0.2, 0.25) is 0 Å². The SMILES string of the molecule is O=COCc1ccc(Cc2ccc3c(c2)c2c(n3C(=O)Cc3ccccc3)CNCC2)cc1. The lowest BCUT2D eigenvalue weighted by molar-refractivity contribution is -0.129. The average Bonchev–Trinajstić information content (AvgIpc) is 3.18. The average molecular weight is 439 g/mol. The van der Waals surface area contributed by atoms with Crippen LogP contribution in [-0.4, -0.2) is 23.5 Å². The Morgan fingerprint density at radius 2 is 1.70 bits per heavy atom. The number of ether oxygens (including phenoxy) is 1. The summed E-state index contributed by atoms with van der Waals surface area (Å²) < 4.78 is 6.75. The number of hydrogen-bond acceptors (Lipinski definition) is 4. The molecule has 1 N–H and O–H groups in total. The summed E-state index contributed by atoms with van der Waals surface area (Å²) in [6, 6.07) is 24.5. The van der Waals surface area contributed by atoms with Crippen LogP contribution in [0.15, 0.2) is 72.8 Å². The molecule has 0 unspecified atom stereocenters. The molecule has 5 rings (SSSR count). The molecule has 0 bridgehead atoms. The van der Waals surface area contributed by atoms with E-state index in [1.165, 1.54) is 22.1 Å². The van der Waals surface area contributed by atoms with Crippen LogP contribution >= 0.6 is 0 Å². The van der Waals surface area contributed by atoms with Crippen LogP contribution in [0.25, 0.3) is 10.9 Å². The minimum Gasteiger partial charge on any atom is -0.463 e. The van der Waals surface area contributed by atoms with Gasteiger partial charge >= 0.3 is 0 Å². The Labute approximate surface area is 193 Å². The number of nitrogens with zero attached hydrogens (tertiary/aromatic N) is 1. The van der Waals surface area contributed by atoms with Gasteiger partial charge in [-0.25, -0.2) is 0 Å². The Morgan fingerprint density at radius 3 is 2.48 bits per heavy atom. The molecule has 1 aliphatic heterocycles. The van der Waals surface area contributed by atoms with Gasteiger partial charge < -0.3 is 10.1 Å². The van der Waals surface area contributed by atoms with Crippen molar-refractivity contribution >= 4 is 23.3 Å². The first-order valence-corrected chi connectivity index (χ1v) is 11.3. The molecule has 0 saturated carbocycles. The zero-order valence-electron chi connectivity index (χ0n) is 18.4. The number of carbonyl (C=O) groups is 2. The Balaban J connectivity index is 1.45. The molecule has 33 heavy (non-hydrogen) atoms. The summed E-state index contributed by atoms with van der Waals surface area (Å²) in [5.74, 6) is 0.108. The van der Waals surface area contributed by atoms with Gasteiger partial charge in [0.2, 0.25) is 5.91 Å². The Morgan fingerprint density at radius 1 is 0.939 bits per heavy atom. The number of rotatable bonds is 7. The maximum atomic E-state index is 13.3. The van der Waals surface area contributed by atoms with Crippen LogP contribution in [0.3, 0.4) is 0 Å². The summed E-state index contributed by atoms with van der Waals surface area (Å²) in [5, 5.41) is 4.61. The van der Waals surface area contributed by atoms with Crippen molar-refractivity contribution in [3.05, 3.63) is 106 Å². The molecule has 0 spiro atoms. The molecule has 166 valence electrons. The zero-order valence-corrected chi connectivity index (χ0v) is 18.4. The van der Waals surface area contributed by atoms with Gasteiger partial charge in [0.25, 0.3) is 6.47 Å². The van der Waals surface area contributed by atoms with E-state index >= 15 is 0 Å². The van der Waals surface area contributed by atoms with E-state index in [1.807, 2.05) is 47.0 Å². The van der Waals surface area contributed by atoms with Crippen LogP contribution in [0.4, 0.5) is 0 Å². The summed E-state index contributed by atoms with van der Waals surface area (Å²) >= 11 is 0. The third kappa shape index (κ3) is 4.45. The van der Waals surface area contributed by atoms with Gasteiger partial charge in [0, 0.05) is 17.6 Å². The van der Waals surface area contributed by atoms with Crippen molar-refractivity contribution in [1.82, 2.24) is 9.88 Å². The second-order valence-corrected chi connectivity index (χ2v) is 8.50. The molecule has 4 aromatic rings. The molecule has 0 amide bonds. The van der Waals surface area contributed by atoms with E-state index in [1.54, 1.807) is 0 Å². The molecule has 3 aromatic carbocycles. The number of carbonyl (C=O) groups excluding carboxylic acids is 2. The van der Waals surface area contributed by atoms with Crippen molar-refractivity contribution in [1.29, 1.82) is 0 Å². The third-order valence-electron chi connectivity index (χ3n) is 6.29. The van der Waals surface area contributed by atoms with E-state index in [2.05, 4.69) is 35.6 Å². The Kier molecular flexibility index (Phi) is 6.05. The number of hydrogen-bond donors (Lipinski definition) is 1. The molecular weight excluding hydrogens is 412 g/mol. The quantitative estimate of drug-likeness (QED) is 0.434. The van der Waals surface area contributed by atoms with Crippen molar-refractivity contribution < 1.29 is 14.3 Å². The van der Waals surface area contributed by atoms with Crippen molar-refractivity contribution in [2.24, 2.45) is 0 Å². The Bertz CT molecular complexity index is 1290. The standard InChI is InChI=1S/C28H26N2O3/c31-19-33-18-22-8-6-21(7-9-22)14-23-10-11-26-25(15-23)24-12-13-29-17-27(24)30(26)28(32)16-20-4-2-1-3-5-20/h1-11,15,19,29H,12-14,16-18H2. The number of fused-ring (bicyclic) bond motifs is 3. The lowest BCUT2D eigenvalue weighted by atomic mass is 9.99. The molecule has 5 heteroatoms. The van der Waals surface area contributed by atoms with E-state index < -0.39 is 0 Å². The molecule has 1 aliphatic rings. The predicted octanol–water partition coefficient (Wildman–Crippen LogP) is 4.43. The van der Waals surface area contributed by atoms with Gasteiger partial charge in [0.15, 0.2) is 0 Å². The fourth-order valence-electron chi connectivity index (χ4n) is 4.70. The van der Waals surface area contributed by atoms with Gasteiger partial charge in [-0.05, 0) is 59.3 Å². The van der Waals surface area contributed by atoms with Gasteiger partial charge in [-0.1, -0.05) is 60.7 Å². The first-order valence-electron chi connectivity index (χ1n) is 11.3. The second kappa shape index (κ2) is 9.43. The molecule has 5 nitrogen and oxygen atoms in total. The predicted molar refractivity (Wildman–Crippen MR) is 128 cm³/mol. The molecule has 0 fully saturated rings. The Hall–Kier alpha value is -3.70. The van der Waals surface area contributed by atoms with Gasteiger partial charge in [-0.2, -0.15) is 0 Å². The molecule has 0 atom stereocenters. The highest BCUT2D eigenvalue weighted by molar-refractivity contribution is 5.97. The van der Waals surface area contributed by atoms with E-state index in [4.69, 9.17) is 4.74 Å². The highest BCUT2D eigenvalue weighted by Gasteiger charge is 2.23. The van der Waals surface area contributed by atoms with E-state index in [9.17, 15) is 9.59 Å². The van der Waals surface area contributed by atoms with E-state index in [0.29, 0.717) is 26.0 Å². The summed E-state index contributed by atoms with van der Waals surface area (Å²) in [6.07, 6.45) is 2.12. The normalized spacial score (nSPS) is 13.0. The van der Waals surface area contributed by atoms with Crippen molar-refractivity contribution in [3.63, 3.8) is 0 Å². The number of benzene rings is 3. The molecule has 0 aliphatic carbocycles. The molecular formula is C28H26N2O3. The summed E-state index contributed by atoms with van der Waals surface area (Å²) in [4.78, 5) is 23.7. The first-order chi connectivity index (χ1) is 16.2. The van der Waals surface area contributed by atoms with Gasteiger partial charge in [-0.3, -0.25) is 14.2 Å². The number of aromatic nitrogens is 1. The van der Waals surface area contributed by atoms with Gasteiger partial charge in [-0.15, -0.1) is 0 Å². The molecule has 2 heterocycles. The van der Waals surface area contributed by atoms with Gasteiger partial charge in [0.1, 0.15) is 6.61 Å². The maximum absolute atomic E-state index is 13.3. The van der Waals surface area contributed by atoms with Crippen LogP contribution < -0.4 is 5.32 Å². The van der Waals surface area contributed by atoms with Crippen molar-refractivity contribution in [3.8, 4) is 0 Å². The largest absolute Gasteiger partial charge is 0.463 e. The number of nitrogens with one attached hydrogen (secondary N) is 1. The molecule has 1 aromatic heterocycles. The highest BCUT2D eigenvalue weighted by atomic mass is 16.5. The molecule has 0 radical (unpaired) electrons. The lowest BCUT2D eigenvalue weighted by Gasteiger charge is -2.16. The van der Waals surface area contributed by atoms with E-state index in [-0.39, 0.29) is 5.91 Å². The maximum Gasteiger partial charge on any atom is 0.293 e. The van der Waals surface area contributed by atoms with Crippen LogP contribution in [0, 0.1) is 0 Å². The van der Waals surface area contributed by atoms with Gasteiger partial charge in [0.05, 0.1) is 11.9 Å². The summed E-state index contributed by atoms with van der Waals surface area (Å²) in [5.41, 5.74) is 7.78. The minimum absolute atomic E-state index is 0.108. The third-order valence-corrected chi connectivity index (χ3v) is 6.29. The minimum atomic E-state index is 0.108. The van der Waals surface area contributed by atoms with Crippen LogP contribution in [0.5, 0.6) is 0 Å². The second-order valence-electron chi connectivity index (χ2n) is 8.50. The van der Waals surface area contributed by atoms with Crippen molar-refractivity contribution in [2.45, 2.75) is 32.4 Å². The summed E-state index contributed by atoms with van der Waals surface area (Å²) in [6.45, 7) is 2.40. The monoisotopic (exact) mass is 438 g/mol. The smallest absolute Gasteiger partial charge is 0.293 e. The zero-order chi connectivity index (χ0) is 22.6. The van der Waals surface area contributed by atoms with Crippen LogP contribution in [0.1, 0.15) is 38.3 Å². The summed E-state index contributed by atoms with van der Waals surface area (Å²) in [7, 11) is 0. The highest BCUT2D eigenvalue weighted by Crippen LogP contribution is 2.30. The fraction of sp³-hybridized carbons (Fsp3) is 0.214.